The molecular weight excluding hydrogens is 347 g/mol. The average molecular weight is 364 g/mol. The van der Waals surface area contributed by atoms with E-state index in [2.05, 4.69) is 4.98 Å². The van der Waals surface area contributed by atoms with Crippen LogP contribution in [0.1, 0.15) is 24.6 Å². The third-order valence-electron chi connectivity index (χ3n) is 3.33. The molecule has 0 bridgehead atoms. The van der Waals surface area contributed by atoms with Gasteiger partial charge in [-0.1, -0.05) is 19.1 Å². The molecule has 0 N–H and O–H groups in total. The van der Waals surface area contributed by atoms with Gasteiger partial charge < -0.3 is 0 Å². The Bertz CT molecular complexity index is 637. The second kappa shape index (κ2) is 8.02. The van der Waals surface area contributed by atoms with Gasteiger partial charge in [-0.2, -0.15) is 13.2 Å². The van der Waals surface area contributed by atoms with Crippen LogP contribution in [0.3, 0.4) is 0 Å². The van der Waals surface area contributed by atoms with Crippen molar-refractivity contribution in [1.29, 1.82) is 0 Å². The topological polar surface area (TPSA) is 16.1 Å². The van der Waals surface area contributed by atoms with Crippen molar-refractivity contribution in [2.24, 2.45) is 0 Å². The zero-order valence-electron chi connectivity index (χ0n) is 13.0. The lowest BCUT2D eigenvalue weighted by molar-refractivity contribution is -0.137. The van der Waals surface area contributed by atoms with Crippen molar-refractivity contribution in [3.05, 3.63) is 40.9 Å². The van der Waals surface area contributed by atoms with Crippen LogP contribution in [-0.2, 0) is 12.7 Å². The van der Waals surface area contributed by atoms with Gasteiger partial charge in [-0.25, -0.2) is 13.8 Å². The number of alkyl halides is 5. The molecule has 8 heteroatoms. The summed E-state index contributed by atoms with van der Waals surface area (Å²) in [7, 11) is 0. The summed E-state index contributed by atoms with van der Waals surface area (Å²) in [6.07, 6.45) is -6.03. The minimum atomic E-state index is -4.37. The third kappa shape index (κ3) is 5.24. The summed E-state index contributed by atoms with van der Waals surface area (Å²) >= 11 is 1.29. The molecule has 0 unspecified atom stereocenters. The second-order valence-electron chi connectivity index (χ2n) is 5.35. The van der Waals surface area contributed by atoms with E-state index in [1.165, 1.54) is 23.5 Å². The highest BCUT2D eigenvalue weighted by molar-refractivity contribution is 7.13. The molecule has 24 heavy (non-hydrogen) atoms. The van der Waals surface area contributed by atoms with Crippen LogP contribution in [0.25, 0.3) is 10.6 Å². The highest BCUT2D eigenvalue weighted by atomic mass is 32.1. The van der Waals surface area contributed by atoms with Crippen molar-refractivity contribution in [1.82, 2.24) is 9.88 Å². The zero-order valence-corrected chi connectivity index (χ0v) is 13.8. The molecule has 0 aliphatic rings. The van der Waals surface area contributed by atoms with E-state index in [0.717, 1.165) is 18.6 Å². The van der Waals surface area contributed by atoms with Gasteiger partial charge in [-0.3, -0.25) is 4.90 Å². The van der Waals surface area contributed by atoms with Crippen LogP contribution < -0.4 is 0 Å². The number of aromatic nitrogens is 1. The number of thiazole rings is 1. The molecule has 0 fully saturated rings. The summed E-state index contributed by atoms with van der Waals surface area (Å²) < 4.78 is 62.8. The SMILES string of the molecule is CCCN(Cc1csc(-c2ccc(C(F)(F)F)cc2)n1)CC(F)F. The van der Waals surface area contributed by atoms with Gasteiger partial charge in [-0.15, -0.1) is 11.3 Å². The first-order valence-electron chi connectivity index (χ1n) is 7.42. The lowest BCUT2D eigenvalue weighted by atomic mass is 10.1. The van der Waals surface area contributed by atoms with Gasteiger partial charge in [-0.05, 0) is 25.1 Å². The van der Waals surface area contributed by atoms with Gasteiger partial charge in [0.25, 0.3) is 6.43 Å². The number of hydrogen-bond donors (Lipinski definition) is 0. The Morgan fingerprint density at radius 3 is 2.38 bits per heavy atom. The van der Waals surface area contributed by atoms with Gasteiger partial charge in [0.15, 0.2) is 0 Å². The Hall–Kier alpha value is -1.54. The van der Waals surface area contributed by atoms with Crippen molar-refractivity contribution in [2.75, 3.05) is 13.1 Å². The minimum absolute atomic E-state index is 0.301. The fourth-order valence-electron chi connectivity index (χ4n) is 2.29. The number of hydrogen-bond acceptors (Lipinski definition) is 3. The number of nitrogens with zero attached hydrogens (tertiary/aromatic N) is 2. The fourth-order valence-corrected chi connectivity index (χ4v) is 3.11. The van der Waals surface area contributed by atoms with Crippen molar-refractivity contribution >= 4 is 11.3 Å². The van der Waals surface area contributed by atoms with Crippen LogP contribution in [0.4, 0.5) is 22.0 Å². The van der Waals surface area contributed by atoms with Gasteiger partial charge in [0.1, 0.15) is 5.01 Å². The Morgan fingerprint density at radius 1 is 1.17 bits per heavy atom. The van der Waals surface area contributed by atoms with E-state index >= 15 is 0 Å². The Balaban J connectivity index is 2.09. The van der Waals surface area contributed by atoms with E-state index in [4.69, 9.17) is 0 Å². The summed E-state index contributed by atoms with van der Waals surface area (Å²) in [5.41, 5.74) is 0.508. The van der Waals surface area contributed by atoms with Gasteiger partial charge in [0, 0.05) is 17.5 Å². The third-order valence-corrected chi connectivity index (χ3v) is 4.27. The fraction of sp³-hybridized carbons (Fsp3) is 0.438. The van der Waals surface area contributed by atoms with Gasteiger partial charge in [0.2, 0.25) is 0 Å². The molecule has 0 amide bonds. The lowest BCUT2D eigenvalue weighted by Crippen LogP contribution is -2.29. The van der Waals surface area contributed by atoms with Gasteiger partial charge in [0.05, 0.1) is 17.8 Å². The highest BCUT2D eigenvalue weighted by Gasteiger charge is 2.30. The largest absolute Gasteiger partial charge is 0.416 e. The molecule has 0 aliphatic heterocycles. The molecular formula is C16H17F5N2S. The maximum absolute atomic E-state index is 12.6. The van der Waals surface area contributed by atoms with E-state index in [0.29, 0.717) is 29.4 Å². The Labute approximate surface area is 140 Å². The van der Waals surface area contributed by atoms with Gasteiger partial charge >= 0.3 is 6.18 Å². The second-order valence-corrected chi connectivity index (χ2v) is 6.20. The zero-order chi connectivity index (χ0) is 17.7. The predicted molar refractivity (Wildman–Crippen MR) is 84.1 cm³/mol. The van der Waals surface area contributed by atoms with E-state index in [1.54, 1.807) is 10.3 Å². The molecule has 0 radical (unpaired) electrons. The molecule has 0 saturated carbocycles. The summed E-state index contributed by atoms with van der Waals surface area (Å²) in [5.74, 6) is 0. The molecule has 1 aromatic heterocycles. The summed E-state index contributed by atoms with van der Waals surface area (Å²) in [5, 5.41) is 2.33. The molecule has 0 aliphatic carbocycles. The molecule has 1 heterocycles. The van der Waals surface area contributed by atoms with E-state index in [9.17, 15) is 22.0 Å². The number of rotatable bonds is 7. The quantitative estimate of drug-likeness (QED) is 0.619. The normalized spacial score (nSPS) is 12.3. The molecule has 132 valence electrons. The Kier molecular flexibility index (Phi) is 6.28. The van der Waals surface area contributed by atoms with Crippen LogP contribution in [0, 0.1) is 0 Å². The average Bonchev–Trinajstić information content (AvgIpc) is 2.94. The standard InChI is InChI=1S/C16H17F5N2S/c1-2-7-23(9-14(17)18)8-13-10-24-15(22-13)11-3-5-12(6-4-11)16(19,20)21/h3-6,10,14H,2,7-9H2,1H3. The van der Waals surface area contributed by atoms with Crippen molar-refractivity contribution < 1.29 is 22.0 Å². The van der Waals surface area contributed by atoms with Crippen LogP contribution in [0.15, 0.2) is 29.6 Å². The molecule has 0 spiro atoms. The maximum atomic E-state index is 12.6. The first-order valence-corrected chi connectivity index (χ1v) is 8.30. The molecule has 0 saturated heterocycles. The van der Waals surface area contributed by atoms with Crippen molar-refractivity contribution in [3.8, 4) is 10.6 Å². The summed E-state index contributed by atoms with van der Waals surface area (Å²) in [4.78, 5) is 5.97. The van der Waals surface area contributed by atoms with Crippen molar-refractivity contribution in [2.45, 2.75) is 32.5 Å². The molecule has 2 nitrogen and oxygen atoms in total. The van der Waals surface area contributed by atoms with Crippen molar-refractivity contribution in [3.63, 3.8) is 0 Å². The lowest BCUT2D eigenvalue weighted by Gasteiger charge is -2.19. The van der Waals surface area contributed by atoms with Crippen LogP contribution in [0.2, 0.25) is 0 Å². The highest BCUT2D eigenvalue weighted by Crippen LogP contribution is 2.31. The smallest absolute Gasteiger partial charge is 0.292 e. The van der Waals surface area contributed by atoms with Crippen LogP contribution >= 0.6 is 11.3 Å². The van der Waals surface area contributed by atoms with E-state index in [1.807, 2.05) is 6.92 Å². The summed E-state index contributed by atoms with van der Waals surface area (Å²) in [6, 6.07) is 4.76. The Morgan fingerprint density at radius 2 is 1.83 bits per heavy atom. The first-order chi connectivity index (χ1) is 11.3. The first kappa shape index (κ1) is 18.8. The minimum Gasteiger partial charge on any atom is -0.292 e. The predicted octanol–water partition coefficient (Wildman–Crippen LogP) is 5.31. The van der Waals surface area contributed by atoms with Crippen LogP contribution in [-0.4, -0.2) is 29.4 Å². The molecule has 2 aromatic rings. The van der Waals surface area contributed by atoms with Crippen LogP contribution in [0.5, 0.6) is 0 Å². The maximum Gasteiger partial charge on any atom is 0.416 e. The molecule has 2 rings (SSSR count). The summed E-state index contributed by atoms with van der Waals surface area (Å²) in [6.45, 7) is 2.43. The van der Waals surface area contributed by atoms with E-state index < -0.39 is 18.2 Å². The number of halogens is 5. The van der Waals surface area contributed by atoms with E-state index in [-0.39, 0.29) is 6.54 Å². The number of benzene rings is 1. The molecule has 1 aromatic carbocycles. The monoisotopic (exact) mass is 364 g/mol. The molecule has 0 atom stereocenters.